The minimum Gasteiger partial charge on any atom is -0.456 e. The largest absolute Gasteiger partial charge is 0.456 e. The summed E-state index contributed by atoms with van der Waals surface area (Å²) in [6, 6.07) is 2.50. The number of unbranched alkanes of at least 4 members (excludes halogenated alkanes) is 2. The lowest BCUT2D eigenvalue weighted by atomic mass is 10.1. The van der Waals surface area contributed by atoms with E-state index in [0.717, 1.165) is 89.9 Å². The Bertz CT molecular complexity index is 1270. The first-order valence-electron chi connectivity index (χ1n) is 19.0. The lowest BCUT2D eigenvalue weighted by Gasteiger charge is -2.26. The molecule has 0 saturated carbocycles. The number of allylic oxidation sites excluding steroid dienone is 10. The van der Waals surface area contributed by atoms with Crippen molar-refractivity contribution in [3.63, 3.8) is 0 Å². The van der Waals surface area contributed by atoms with Gasteiger partial charge in [-0.05, 0) is 76.3 Å². The Balaban J connectivity index is 1.64. The molecule has 11 heteroatoms. The van der Waals surface area contributed by atoms with Gasteiger partial charge < -0.3 is 30.3 Å². The number of nitrogens with one attached hydrogen (secondary N) is 2. The van der Waals surface area contributed by atoms with Crippen LogP contribution < -0.4 is 10.6 Å². The molecule has 11 nitrogen and oxygen atoms in total. The fourth-order valence-electron chi connectivity index (χ4n) is 5.21. The number of aliphatic hydroxyl groups excluding tert-OH is 2. The van der Waals surface area contributed by atoms with Crippen molar-refractivity contribution in [1.82, 2.24) is 20.5 Å². The molecule has 0 bridgehead atoms. The van der Waals surface area contributed by atoms with Crippen LogP contribution in [0.5, 0.6) is 0 Å². The number of ether oxygens (including phenoxy) is 2. The number of morpholine rings is 1. The highest BCUT2D eigenvalue weighted by Gasteiger charge is 2.25. The van der Waals surface area contributed by atoms with Crippen molar-refractivity contribution in [3.8, 4) is 0 Å². The second-order valence-corrected chi connectivity index (χ2v) is 12.6. The van der Waals surface area contributed by atoms with E-state index in [0.29, 0.717) is 31.4 Å². The fraction of sp³-hybridized carbons (Fsp3) is 0.561. The van der Waals surface area contributed by atoms with E-state index in [-0.39, 0.29) is 12.3 Å². The van der Waals surface area contributed by atoms with Gasteiger partial charge in [-0.15, -0.1) is 0 Å². The molecule has 1 aliphatic heterocycles. The molecule has 2 heterocycles. The second kappa shape index (κ2) is 29.7. The zero-order valence-corrected chi connectivity index (χ0v) is 31.1. The van der Waals surface area contributed by atoms with Crippen molar-refractivity contribution in [2.24, 2.45) is 0 Å². The van der Waals surface area contributed by atoms with E-state index in [9.17, 15) is 24.6 Å². The summed E-state index contributed by atoms with van der Waals surface area (Å²) in [4.78, 5) is 44.9. The van der Waals surface area contributed by atoms with Crippen LogP contribution in [0.3, 0.4) is 0 Å². The number of carbonyl (C=O) groups excluding carboxylic acids is 3. The van der Waals surface area contributed by atoms with E-state index in [1.165, 1.54) is 6.20 Å². The van der Waals surface area contributed by atoms with Gasteiger partial charge in [0, 0.05) is 50.9 Å². The zero-order valence-electron chi connectivity index (χ0n) is 31.1. The average molecular weight is 723 g/mol. The van der Waals surface area contributed by atoms with Crippen LogP contribution in [-0.2, 0) is 25.5 Å². The Labute approximate surface area is 310 Å². The first kappa shape index (κ1) is 44.3. The number of aromatic nitrogens is 1. The molecule has 1 aromatic rings. The highest BCUT2D eigenvalue weighted by atomic mass is 16.6. The van der Waals surface area contributed by atoms with Crippen molar-refractivity contribution in [3.05, 3.63) is 90.3 Å². The maximum absolute atomic E-state index is 13.0. The normalized spacial score (nSPS) is 14.8. The van der Waals surface area contributed by atoms with E-state index in [4.69, 9.17) is 9.47 Å². The van der Waals surface area contributed by atoms with Crippen molar-refractivity contribution >= 4 is 17.8 Å². The maximum atomic E-state index is 13.0. The molecule has 1 aliphatic rings. The summed E-state index contributed by atoms with van der Waals surface area (Å²) in [5.41, 5.74) is 1.18. The molecule has 0 spiro atoms. The molecule has 1 fully saturated rings. The Kier molecular flexibility index (Phi) is 25.2. The lowest BCUT2D eigenvalue weighted by Crippen LogP contribution is -2.44. The minimum absolute atomic E-state index is 0.0220. The molecule has 2 rings (SSSR count). The lowest BCUT2D eigenvalue weighted by molar-refractivity contribution is -0.156. The third-order valence-electron chi connectivity index (χ3n) is 8.33. The summed E-state index contributed by atoms with van der Waals surface area (Å²) >= 11 is 0. The molecule has 288 valence electrons. The third-order valence-corrected chi connectivity index (χ3v) is 8.33. The number of carbonyl (C=O) groups is 3. The van der Waals surface area contributed by atoms with Gasteiger partial charge in [0.1, 0.15) is 12.1 Å². The summed E-state index contributed by atoms with van der Waals surface area (Å²) in [5.74, 6) is -1.23. The number of esters is 1. The Hall–Kier alpha value is -3.90. The fourth-order valence-corrected chi connectivity index (χ4v) is 5.21. The predicted octanol–water partition coefficient (Wildman–Crippen LogP) is 5.16. The van der Waals surface area contributed by atoms with Gasteiger partial charge in [-0.25, -0.2) is 4.79 Å². The highest BCUT2D eigenvalue weighted by Crippen LogP contribution is 2.09. The molecule has 0 aromatic carbocycles. The zero-order chi connectivity index (χ0) is 37.5. The SMILES string of the molecule is CCC=CCC=CCC=CCC=CCC=CCCCC(=O)NCCCCC(NC(=O)c1ccc(CCN2CCOCC2)nc1)C(=O)OC(CO)CO. The average Bonchev–Trinajstić information content (AvgIpc) is 3.17. The molecule has 1 atom stereocenters. The quantitative estimate of drug-likeness (QED) is 0.0549. The molecule has 1 saturated heterocycles. The molecule has 52 heavy (non-hydrogen) atoms. The predicted molar refractivity (Wildman–Crippen MR) is 206 cm³/mol. The van der Waals surface area contributed by atoms with Gasteiger partial charge >= 0.3 is 5.97 Å². The molecule has 2 amide bonds. The van der Waals surface area contributed by atoms with E-state index < -0.39 is 37.2 Å². The first-order chi connectivity index (χ1) is 25.5. The number of amides is 2. The van der Waals surface area contributed by atoms with E-state index >= 15 is 0 Å². The summed E-state index contributed by atoms with van der Waals surface area (Å²) in [7, 11) is 0. The van der Waals surface area contributed by atoms with E-state index in [2.05, 4.69) is 88.2 Å². The molecule has 1 aromatic heterocycles. The van der Waals surface area contributed by atoms with Crippen molar-refractivity contribution in [1.29, 1.82) is 0 Å². The molecular formula is C41H62N4O7. The van der Waals surface area contributed by atoms with Crippen LogP contribution in [0.25, 0.3) is 0 Å². The first-order valence-corrected chi connectivity index (χ1v) is 19.0. The van der Waals surface area contributed by atoms with Gasteiger partial charge in [-0.1, -0.05) is 67.7 Å². The summed E-state index contributed by atoms with van der Waals surface area (Å²) in [6.07, 6.45) is 31.1. The van der Waals surface area contributed by atoms with Crippen LogP contribution in [0.1, 0.15) is 93.6 Å². The van der Waals surface area contributed by atoms with Crippen molar-refractivity contribution in [2.45, 2.75) is 96.1 Å². The summed E-state index contributed by atoms with van der Waals surface area (Å²) in [6.45, 7) is 5.62. The number of aliphatic hydroxyl groups is 2. The molecule has 4 N–H and O–H groups in total. The van der Waals surface area contributed by atoms with E-state index in [1.807, 2.05) is 6.07 Å². The Morgan fingerprint density at radius 1 is 0.885 bits per heavy atom. The van der Waals surface area contributed by atoms with Gasteiger partial charge in [-0.2, -0.15) is 0 Å². The third kappa shape index (κ3) is 21.5. The van der Waals surface area contributed by atoms with Gasteiger partial charge in [-0.3, -0.25) is 19.5 Å². The number of rotatable bonds is 27. The monoisotopic (exact) mass is 722 g/mol. The number of hydrogen-bond acceptors (Lipinski definition) is 9. The standard InChI is InChI=1S/C41H62N4O7/c1-2-3-4-5-6-7-8-9-10-11-12-13-14-15-16-17-18-22-39(48)42-26-20-19-21-38(41(50)52-37(33-46)34-47)44-40(49)35-23-24-36(43-32-35)25-27-45-28-30-51-31-29-45/h3-4,6-7,9-10,12-13,15-16,23-24,32,37-38,46-47H,2,5,8,11,14,17-22,25-31,33-34H2,1H3,(H,42,48)(H,44,49). The maximum Gasteiger partial charge on any atom is 0.329 e. The topological polar surface area (TPSA) is 150 Å². The molecular weight excluding hydrogens is 660 g/mol. The van der Waals surface area contributed by atoms with Crippen LogP contribution >= 0.6 is 0 Å². The summed E-state index contributed by atoms with van der Waals surface area (Å²) in [5, 5.41) is 24.4. The Morgan fingerprint density at radius 3 is 2.12 bits per heavy atom. The van der Waals surface area contributed by atoms with E-state index in [1.54, 1.807) is 6.07 Å². The van der Waals surface area contributed by atoms with Crippen LogP contribution in [0.4, 0.5) is 0 Å². The van der Waals surface area contributed by atoms with Gasteiger partial charge in [0.25, 0.3) is 5.91 Å². The second-order valence-electron chi connectivity index (χ2n) is 12.6. The van der Waals surface area contributed by atoms with Gasteiger partial charge in [0.05, 0.1) is 32.0 Å². The van der Waals surface area contributed by atoms with Crippen LogP contribution in [0.2, 0.25) is 0 Å². The minimum atomic E-state index is -1.08. The van der Waals surface area contributed by atoms with Crippen LogP contribution in [-0.4, -0.2) is 103 Å². The van der Waals surface area contributed by atoms with Crippen molar-refractivity contribution < 1.29 is 34.1 Å². The van der Waals surface area contributed by atoms with Crippen molar-refractivity contribution in [2.75, 3.05) is 52.6 Å². The molecule has 0 aliphatic carbocycles. The van der Waals surface area contributed by atoms with Crippen LogP contribution in [0, 0.1) is 0 Å². The summed E-state index contributed by atoms with van der Waals surface area (Å²) < 4.78 is 10.6. The molecule has 0 radical (unpaired) electrons. The van der Waals surface area contributed by atoms with Gasteiger partial charge in [0.2, 0.25) is 5.91 Å². The molecule has 1 unspecified atom stereocenters. The Morgan fingerprint density at radius 2 is 1.52 bits per heavy atom. The number of pyridine rings is 1. The highest BCUT2D eigenvalue weighted by molar-refractivity contribution is 5.96. The number of hydrogen-bond donors (Lipinski definition) is 4. The number of nitrogens with zero attached hydrogens (tertiary/aromatic N) is 2. The smallest absolute Gasteiger partial charge is 0.329 e. The van der Waals surface area contributed by atoms with Gasteiger partial charge in [0.15, 0.2) is 0 Å². The van der Waals surface area contributed by atoms with Crippen LogP contribution in [0.15, 0.2) is 79.1 Å².